The van der Waals surface area contributed by atoms with Crippen molar-refractivity contribution in [1.82, 2.24) is 4.90 Å². The van der Waals surface area contributed by atoms with E-state index in [1.54, 1.807) is 0 Å². The Hall–Kier alpha value is -0.0400. The number of rotatable bonds is 5. The van der Waals surface area contributed by atoms with E-state index in [1.165, 1.54) is 64.6 Å². The minimum absolute atomic E-state index is 0.892. The molecule has 0 amide bonds. The first-order chi connectivity index (χ1) is 9.56. The van der Waals surface area contributed by atoms with E-state index in [0.29, 0.717) is 0 Å². The molecule has 1 heterocycles. The van der Waals surface area contributed by atoms with Gasteiger partial charge in [-0.2, -0.15) is 0 Å². The monoisotopic (exact) mass is 279 g/mol. The molecule has 118 valence electrons. The van der Waals surface area contributed by atoms with E-state index < -0.39 is 0 Å². The van der Waals surface area contributed by atoms with Gasteiger partial charge >= 0.3 is 0 Å². The first-order valence-corrected chi connectivity index (χ1v) is 9.28. The molecule has 0 aromatic carbocycles. The van der Waals surface area contributed by atoms with E-state index in [0.717, 1.165) is 29.6 Å². The van der Waals surface area contributed by atoms with Crippen LogP contribution >= 0.6 is 0 Å². The molecule has 2 fully saturated rings. The van der Waals surface area contributed by atoms with Crippen molar-refractivity contribution < 1.29 is 0 Å². The predicted molar refractivity (Wildman–Crippen MR) is 88.9 cm³/mol. The normalized spacial score (nSPS) is 30.3. The average molecular weight is 280 g/mol. The summed E-state index contributed by atoms with van der Waals surface area (Å²) in [5.41, 5.74) is 0. The molecule has 0 bridgehead atoms. The molecule has 0 spiro atoms. The molecule has 0 aromatic heterocycles. The molecule has 2 rings (SSSR count). The standard InChI is InChI=1S/C19H37N/c1-15(2)18-7-5-17(6-8-18)9-12-20-13-10-19(11-14-20)16(3)4/h15-19H,5-14H2,1-4H3/t17-,18-. The molecular weight excluding hydrogens is 242 g/mol. The highest BCUT2D eigenvalue weighted by Crippen LogP contribution is 2.35. The maximum Gasteiger partial charge on any atom is -0.00160 e. The Morgan fingerprint density at radius 3 is 1.75 bits per heavy atom. The van der Waals surface area contributed by atoms with Crippen LogP contribution in [0.25, 0.3) is 0 Å². The van der Waals surface area contributed by atoms with Gasteiger partial charge in [-0.05, 0) is 81.3 Å². The highest BCUT2D eigenvalue weighted by Gasteiger charge is 2.25. The van der Waals surface area contributed by atoms with Gasteiger partial charge < -0.3 is 4.90 Å². The zero-order valence-electron chi connectivity index (χ0n) is 14.4. The van der Waals surface area contributed by atoms with Crippen LogP contribution < -0.4 is 0 Å². The van der Waals surface area contributed by atoms with Crippen LogP contribution in [0.3, 0.4) is 0 Å². The Kier molecular flexibility index (Phi) is 6.39. The van der Waals surface area contributed by atoms with Gasteiger partial charge in [-0.1, -0.05) is 40.5 Å². The van der Waals surface area contributed by atoms with Crippen LogP contribution in [0, 0.1) is 29.6 Å². The average Bonchev–Trinajstić information content (AvgIpc) is 2.46. The second-order valence-electron chi connectivity index (χ2n) is 8.24. The minimum atomic E-state index is 0.892. The first-order valence-electron chi connectivity index (χ1n) is 9.28. The van der Waals surface area contributed by atoms with Crippen molar-refractivity contribution in [2.24, 2.45) is 29.6 Å². The number of hydrogen-bond donors (Lipinski definition) is 0. The van der Waals surface area contributed by atoms with Crippen molar-refractivity contribution in [2.75, 3.05) is 19.6 Å². The maximum atomic E-state index is 2.74. The van der Waals surface area contributed by atoms with Gasteiger partial charge in [0.1, 0.15) is 0 Å². The molecule has 0 aromatic rings. The van der Waals surface area contributed by atoms with Crippen LogP contribution in [0.1, 0.15) is 72.6 Å². The Bertz CT molecular complexity index is 227. The van der Waals surface area contributed by atoms with Crippen LogP contribution in [0.2, 0.25) is 0 Å². The minimum Gasteiger partial charge on any atom is -0.303 e. The number of piperidine rings is 1. The second-order valence-corrected chi connectivity index (χ2v) is 8.24. The molecular formula is C19H37N. The second kappa shape index (κ2) is 7.82. The Balaban J connectivity index is 1.60. The third-order valence-electron chi connectivity index (χ3n) is 6.26. The summed E-state index contributed by atoms with van der Waals surface area (Å²) in [5.74, 6) is 4.85. The lowest BCUT2D eigenvalue weighted by molar-refractivity contribution is 0.138. The molecule has 1 saturated heterocycles. The van der Waals surface area contributed by atoms with Crippen LogP contribution in [0.15, 0.2) is 0 Å². The van der Waals surface area contributed by atoms with Crippen molar-refractivity contribution in [3.8, 4) is 0 Å². The van der Waals surface area contributed by atoms with E-state index in [-0.39, 0.29) is 0 Å². The maximum absolute atomic E-state index is 2.74. The summed E-state index contributed by atoms with van der Waals surface area (Å²) in [6.07, 6.45) is 10.4. The molecule has 0 radical (unpaired) electrons. The van der Waals surface area contributed by atoms with E-state index in [1.807, 2.05) is 0 Å². The summed E-state index contributed by atoms with van der Waals surface area (Å²) >= 11 is 0. The number of hydrogen-bond acceptors (Lipinski definition) is 1. The molecule has 1 aliphatic heterocycles. The van der Waals surface area contributed by atoms with Crippen LogP contribution in [0.5, 0.6) is 0 Å². The Labute approximate surface area is 127 Å². The zero-order chi connectivity index (χ0) is 14.5. The van der Waals surface area contributed by atoms with Gasteiger partial charge in [-0.25, -0.2) is 0 Å². The quantitative estimate of drug-likeness (QED) is 0.668. The fourth-order valence-corrected chi connectivity index (χ4v) is 4.35. The van der Waals surface area contributed by atoms with Gasteiger partial charge in [0.25, 0.3) is 0 Å². The van der Waals surface area contributed by atoms with Crippen molar-refractivity contribution >= 4 is 0 Å². The molecule has 0 atom stereocenters. The number of likely N-dealkylation sites (tertiary alicyclic amines) is 1. The largest absolute Gasteiger partial charge is 0.303 e. The lowest BCUT2D eigenvalue weighted by Gasteiger charge is -2.36. The number of nitrogens with zero attached hydrogens (tertiary/aromatic N) is 1. The lowest BCUT2D eigenvalue weighted by Crippen LogP contribution is -2.36. The van der Waals surface area contributed by atoms with Gasteiger partial charge in [0.05, 0.1) is 0 Å². The van der Waals surface area contributed by atoms with E-state index in [4.69, 9.17) is 0 Å². The van der Waals surface area contributed by atoms with E-state index >= 15 is 0 Å². The highest BCUT2D eigenvalue weighted by molar-refractivity contribution is 4.78. The summed E-state index contributed by atoms with van der Waals surface area (Å²) in [4.78, 5) is 2.74. The van der Waals surface area contributed by atoms with Gasteiger partial charge in [0.2, 0.25) is 0 Å². The van der Waals surface area contributed by atoms with Crippen molar-refractivity contribution in [3.63, 3.8) is 0 Å². The predicted octanol–water partition coefficient (Wildman–Crippen LogP) is 5.21. The van der Waals surface area contributed by atoms with Crippen molar-refractivity contribution in [1.29, 1.82) is 0 Å². The molecule has 1 nitrogen and oxygen atoms in total. The molecule has 1 saturated carbocycles. The molecule has 20 heavy (non-hydrogen) atoms. The molecule has 2 aliphatic rings. The fraction of sp³-hybridized carbons (Fsp3) is 1.00. The van der Waals surface area contributed by atoms with E-state index in [2.05, 4.69) is 32.6 Å². The van der Waals surface area contributed by atoms with Crippen LogP contribution in [-0.4, -0.2) is 24.5 Å². The lowest BCUT2D eigenvalue weighted by atomic mass is 9.76. The Morgan fingerprint density at radius 1 is 0.750 bits per heavy atom. The molecule has 0 N–H and O–H groups in total. The summed E-state index contributed by atoms with van der Waals surface area (Å²) in [7, 11) is 0. The third kappa shape index (κ3) is 4.76. The Morgan fingerprint density at radius 2 is 1.25 bits per heavy atom. The third-order valence-corrected chi connectivity index (χ3v) is 6.26. The highest BCUT2D eigenvalue weighted by atomic mass is 15.1. The van der Waals surface area contributed by atoms with Gasteiger partial charge in [0.15, 0.2) is 0 Å². The molecule has 1 heteroatoms. The van der Waals surface area contributed by atoms with Gasteiger partial charge in [0, 0.05) is 0 Å². The topological polar surface area (TPSA) is 3.24 Å². The van der Waals surface area contributed by atoms with Crippen molar-refractivity contribution in [3.05, 3.63) is 0 Å². The van der Waals surface area contributed by atoms with Gasteiger partial charge in [-0.3, -0.25) is 0 Å². The summed E-state index contributed by atoms with van der Waals surface area (Å²) in [5, 5.41) is 0. The van der Waals surface area contributed by atoms with Crippen LogP contribution in [-0.2, 0) is 0 Å². The molecule has 0 unspecified atom stereocenters. The zero-order valence-corrected chi connectivity index (χ0v) is 14.4. The smallest absolute Gasteiger partial charge is 0.00160 e. The summed E-state index contributed by atoms with van der Waals surface area (Å²) < 4.78 is 0. The van der Waals surface area contributed by atoms with E-state index in [9.17, 15) is 0 Å². The molecule has 1 aliphatic carbocycles. The van der Waals surface area contributed by atoms with Gasteiger partial charge in [-0.15, -0.1) is 0 Å². The van der Waals surface area contributed by atoms with Crippen LogP contribution in [0.4, 0.5) is 0 Å². The summed E-state index contributed by atoms with van der Waals surface area (Å²) in [6, 6.07) is 0. The SMILES string of the molecule is CC(C)C1CCN(CC[C@H]2CC[C@H](C(C)C)CC2)CC1. The summed E-state index contributed by atoms with van der Waals surface area (Å²) in [6.45, 7) is 13.7. The fourth-order valence-electron chi connectivity index (χ4n) is 4.35. The van der Waals surface area contributed by atoms with Crippen molar-refractivity contribution in [2.45, 2.75) is 72.6 Å². The first kappa shape index (κ1) is 16.3.